The molecule has 2 heterocycles. The minimum absolute atomic E-state index is 0.0837. The van der Waals surface area contributed by atoms with Gasteiger partial charge < -0.3 is 0 Å². The zero-order valence-electron chi connectivity index (χ0n) is 10.2. The van der Waals surface area contributed by atoms with Crippen LogP contribution in [0.3, 0.4) is 0 Å². The van der Waals surface area contributed by atoms with Gasteiger partial charge >= 0.3 is 5.69 Å². The summed E-state index contributed by atoms with van der Waals surface area (Å²) in [5, 5.41) is 0.498. The van der Waals surface area contributed by atoms with Crippen LogP contribution in [0.5, 0.6) is 0 Å². The Kier molecular flexibility index (Phi) is 3.08. The summed E-state index contributed by atoms with van der Waals surface area (Å²) in [5.41, 5.74) is -0.0400. The molecule has 1 N–H and O–H groups in total. The van der Waals surface area contributed by atoms with Gasteiger partial charge in [-0.1, -0.05) is 29.8 Å². The van der Waals surface area contributed by atoms with E-state index in [2.05, 4.69) is 15.0 Å². The Hall–Kier alpha value is -2.47. The highest BCUT2D eigenvalue weighted by Crippen LogP contribution is 2.15. The van der Waals surface area contributed by atoms with Crippen LogP contribution in [0.4, 0.5) is 0 Å². The summed E-state index contributed by atoms with van der Waals surface area (Å²) in [5.74, 6) is 0. The maximum atomic E-state index is 12.3. The first-order valence-corrected chi connectivity index (χ1v) is 6.22. The molecule has 7 heteroatoms. The molecule has 3 rings (SSSR count). The summed E-state index contributed by atoms with van der Waals surface area (Å²) in [6.45, 7) is 0.0837. The molecule has 0 spiro atoms. The first-order chi connectivity index (χ1) is 9.66. The lowest BCUT2D eigenvalue weighted by Crippen LogP contribution is -2.36. The standard InChI is InChI=1S/C13H9ClN4O2/c14-9-4-2-1-3-8(9)7-18-12(19)10-11(17-13(18)20)16-6-5-15-10/h1-6H,7H2,(H,16,17,20). The summed E-state index contributed by atoms with van der Waals surface area (Å²) in [7, 11) is 0. The zero-order chi connectivity index (χ0) is 14.1. The Morgan fingerprint density at radius 3 is 2.70 bits per heavy atom. The van der Waals surface area contributed by atoms with E-state index in [9.17, 15) is 9.59 Å². The minimum Gasteiger partial charge on any atom is -0.290 e. The summed E-state index contributed by atoms with van der Waals surface area (Å²) in [4.78, 5) is 34.6. The molecule has 100 valence electrons. The molecule has 6 nitrogen and oxygen atoms in total. The number of hydrogen-bond acceptors (Lipinski definition) is 4. The van der Waals surface area contributed by atoms with E-state index in [1.807, 2.05) is 0 Å². The van der Waals surface area contributed by atoms with Crippen molar-refractivity contribution in [1.82, 2.24) is 19.5 Å². The molecule has 0 bridgehead atoms. The molecule has 0 atom stereocenters. The number of halogens is 1. The van der Waals surface area contributed by atoms with Crippen LogP contribution in [0.25, 0.3) is 11.2 Å². The Morgan fingerprint density at radius 1 is 1.15 bits per heavy atom. The molecule has 20 heavy (non-hydrogen) atoms. The van der Waals surface area contributed by atoms with E-state index in [1.165, 1.54) is 12.4 Å². The van der Waals surface area contributed by atoms with Crippen LogP contribution in [-0.4, -0.2) is 19.5 Å². The van der Waals surface area contributed by atoms with Gasteiger partial charge in [-0.05, 0) is 11.6 Å². The number of fused-ring (bicyclic) bond motifs is 1. The number of aromatic nitrogens is 4. The van der Waals surface area contributed by atoms with Crippen LogP contribution < -0.4 is 11.2 Å². The minimum atomic E-state index is -0.539. The highest BCUT2D eigenvalue weighted by atomic mass is 35.5. The van der Waals surface area contributed by atoms with Gasteiger partial charge in [0.2, 0.25) is 0 Å². The van der Waals surface area contributed by atoms with Crippen LogP contribution in [-0.2, 0) is 6.54 Å². The fourth-order valence-corrected chi connectivity index (χ4v) is 2.11. The summed E-state index contributed by atoms with van der Waals surface area (Å²) >= 11 is 6.04. The maximum Gasteiger partial charge on any atom is 0.330 e. The molecule has 0 aliphatic rings. The smallest absolute Gasteiger partial charge is 0.290 e. The number of nitrogens with one attached hydrogen (secondary N) is 1. The molecule has 0 saturated heterocycles. The second kappa shape index (κ2) is 4.90. The summed E-state index contributed by atoms with van der Waals surface area (Å²) in [6, 6.07) is 7.04. The molecule has 1 aromatic carbocycles. The molecule has 0 aliphatic carbocycles. The van der Waals surface area contributed by atoms with E-state index in [0.29, 0.717) is 10.6 Å². The Labute approximate surface area is 117 Å². The van der Waals surface area contributed by atoms with Gasteiger partial charge in [-0.25, -0.2) is 14.8 Å². The van der Waals surface area contributed by atoms with Gasteiger partial charge in [-0.15, -0.1) is 0 Å². The normalized spacial score (nSPS) is 10.8. The van der Waals surface area contributed by atoms with Crippen LogP contribution in [0.1, 0.15) is 5.56 Å². The van der Waals surface area contributed by atoms with Gasteiger partial charge in [-0.2, -0.15) is 0 Å². The molecule has 0 amide bonds. The molecule has 0 fully saturated rings. The third kappa shape index (κ3) is 2.10. The SMILES string of the molecule is O=c1[nH]c2nccnc2c(=O)n1Cc1ccccc1Cl. The molecule has 0 radical (unpaired) electrons. The van der Waals surface area contributed by atoms with Gasteiger partial charge in [0.1, 0.15) is 0 Å². The molecule has 3 aromatic rings. The van der Waals surface area contributed by atoms with Gasteiger partial charge in [-0.3, -0.25) is 14.3 Å². The van der Waals surface area contributed by atoms with Crippen molar-refractivity contribution < 1.29 is 0 Å². The van der Waals surface area contributed by atoms with E-state index in [0.717, 1.165) is 4.57 Å². The van der Waals surface area contributed by atoms with Gasteiger partial charge in [0.15, 0.2) is 11.2 Å². The number of nitrogens with zero attached hydrogens (tertiary/aromatic N) is 3. The van der Waals surface area contributed by atoms with E-state index < -0.39 is 11.2 Å². The Bertz CT molecular complexity index is 901. The number of rotatable bonds is 2. The van der Waals surface area contributed by atoms with Crippen molar-refractivity contribution in [1.29, 1.82) is 0 Å². The Morgan fingerprint density at radius 2 is 1.90 bits per heavy atom. The predicted molar refractivity (Wildman–Crippen MR) is 75.0 cm³/mol. The quantitative estimate of drug-likeness (QED) is 0.768. The Balaban J connectivity index is 2.20. The van der Waals surface area contributed by atoms with E-state index >= 15 is 0 Å². The lowest BCUT2D eigenvalue weighted by atomic mass is 10.2. The third-order valence-electron chi connectivity index (χ3n) is 2.90. The lowest BCUT2D eigenvalue weighted by Gasteiger charge is -2.07. The van der Waals surface area contributed by atoms with E-state index in [4.69, 9.17) is 11.6 Å². The summed E-state index contributed by atoms with van der Waals surface area (Å²) in [6.07, 6.45) is 2.82. The van der Waals surface area contributed by atoms with Crippen molar-refractivity contribution in [2.45, 2.75) is 6.54 Å². The number of benzene rings is 1. The number of aromatic amines is 1. The fraction of sp³-hybridized carbons (Fsp3) is 0.0769. The molecule has 0 unspecified atom stereocenters. The van der Waals surface area contributed by atoms with E-state index in [1.54, 1.807) is 24.3 Å². The van der Waals surface area contributed by atoms with Crippen molar-refractivity contribution in [3.05, 3.63) is 68.1 Å². The lowest BCUT2D eigenvalue weighted by molar-refractivity contribution is 0.707. The van der Waals surface area contributed by atoms with Crippen molar-refractivity contribution >= 4 is 22.8 Å². The van der Waals surface area contributed by atoms with Gasteiger partial charge in [0.05, 0.1) is 6.54 Å². The van der Waals surface area contributed by atoms with Crippen LogP contribution in [0, 0.1) is 0 Å². The molecule has 0 aliphatic heterocycles. The third-order valence-corrected chi connectivity index (χ3v) is 3.27. The van der Waals surface area contributed by atoms with E-state index in [-0.39, 0.29) is 17.7 Å². The van der Waals surface area contributed by atoms with Crippen molar-refractivity contribution in [3.8, 4) is 0 Å². The second-order valence-electron chi connectivity index (χ2n) is 4.17. The van der Waals surface area contributed by atoms with Crippen molar-refractivity contribution in [2.24, 2.45) is 0 Å². The first kappa shape index (κ1) is 12.6. The highest BCUT2D eigenvalue weighted by Gasteiger charge is 2.10. The molecular weight excluding hydrogens is 280 g/mol. The molecule has 2 aromatic heterocycles. The average Bonchev–Trinajstić information content (AvgIpc) is 2.45. The van der Waals surface area contributed by atoms with Crippen LogP contribution >= 0.6 is 11.6 Å². The maximum absolute atomic E-state index is 12.3. The topological polar surface area (TPSA) is 80.6 Å². The van der Waals surface area contributed by atoms with Crippen molar-refractivity contribution in [3.63, 3.8) is 0 Å². The number of H-pyrrole nitrogens is 1. The summed E-state index contributed by atoms with van der Waals surface area (Å²) < 4.78 is 1.05. The van der Waals surface area contributed by atoms with Crippen LogP contribution in [0.15, 0.2) is 46.2 Å². The average molecular weight is 289 g/mol. The monoisotopic (exact) mass is 288 g/mol. The van der Waals surface area contributed by atoms with Crippen LogP contribution in [0.2, 0.25) is 5.02 Å². The zero-order valence-corrected chi connectivity index (χ0v) is 11.0. The largest absolute Gasteiger partial charge is 0.330 e. The van der Waals surface area contributed by atoms with Gasteiger partial charge in [0, 0.05) is 17.4 Å². The molecule has 0 saturated carbocycles. The second-order valence-corrected chi connectivity index (χ2v) is 4.57. The number of hydrogen-bond donors (Lipinski definition) is 1. The molecular formula is C13H9ClN4O2. The highest BCUT2D eigenvalue weighted by molar-refractivity contribution is 6.31. The fourth-order valence-electron chi connectivity index (χ4n) is 1.92. The first-order valence-electron chi connectivity index (χ1n) is 5.84. The van der Waals surface area contributed by atoms with Gasteiger partial charge in [0.25, 0.3) is 5.56 Å². The predicted octanol–water partition coefficient (Wildman–Crippen LogP) is 1.18. The van der Waals surface area contributed by atoms with Crippen molar-refractivity contribution in [2.75, 3.05) is 0 Å².